The number of pyridine rings is 1. The molecule has 0 spiro atoms. The van der Waals surface area contributed by atoms with Gasteiger partial charge in [0.25, 0.3) is 0 Å². The standard InChI is InChI=1S/C29H24N2O3/c1-29(2)13-12-21(20-14-19-6-3-4-9-26(19)30-16-20)24-15-18(10-11-25(24)29)22-7-5-8-23(28(33)34)27(22)31-17-32/h3-12,14-17H,13H2,1-2H3,(H,31,32)(H,33,34). The molecule has 0 aliphatic heterocycles. The zero-order valence-electron chi connectivity index (χ0n) is 19.0. The van der Waals surface area contributed by atoms with Gasteiger partial charge in [-0.2, -0.15) is 0 Å². The lowest BCUT2D eigenvalue weighted by Gasteiger charge is -2.33. The van der Waals surface area contributed by atoms with Crippen LogP contribution < -0.4 is 5.32 Å². The number of carboxylic acid groups (broad SMARTS) is 1. The first-order chi connectivity index (χ1) is 16.4. The first-order valence-corrected chi connectivity index (χ1v) is 11.2. The first kappa shape index (κ1) is 21.6. The van der Waals surface area contributed by atoms with Crippen molar-refractivity contribution in [1.29, 1.82) is 0 Å². The second kappa shape index (κ2) is 8.27. The number of aromatic nitrogens is 1. The third-order valence-electron chi connectivity index (χ3n) is 6.57. The van der Waals surface area contributed by atoms with Gasteiger partial charge in [-0.3, -0.25) is 9.78 Å². The van der Waals surface area contributed by atoms with Crippen LogP contribution in [-0.2, 0) is 10.2 Å². The highest BCUT2D eigenvalue weighted by molar-refractivity contribution is 6.02. The number of carbonyl (C=O) groups excluding carboxylic acids is 1. The van der Waals surface area contributed by atoms with Crippen molar-refractivity contribution in [3.8, 4) is 11.1 Å². The van der Waals surface area contributed by atoms with Crippen LogP contribution in [0.4, 0.5) is 5.69 Å². The fourth-order valence-electron chi connectivity index (χ4n) is 4.78. The highest BCUT2D eigenvalue weighted by atomic mass is 16.4. The summed E-state index contributed by atoms with van der Waals surface area (Å²) in [7, 11) is 0. The summed E-state index contributed by atoms with van der Waals surface area (Å²) >= 11 is 0. The third kappa shape index (κ3) is 3.65. The fourth-order valence-corrected chi connectivity index (χ4v) is 4.78. The number of rotatable bonds is 5. The average molecular weight is 449 g/mol. The normalized spacial score (nSPS) is 14.2. The summed E-state index contributed by atoms with van der Waals surface area (Å²) < 4.78 is 0. The van der Waals surface area contributed by atoms with E-state index in [0.29, 0.717) is 12.0 Å². The van der Waals surface area contributed by atoms with Crippen LogP contribution in [-0.4, -0.2) is 22.5 Å². The van der Waals surface area contributed by atoms with Crippen molar-refractivity contribution in [1.82, 2.24) is 4.98 Å². The van der Waals surface area contributed by atoms with Crippen molar-refractivity contribution >= 4 is 34.5 Å². The molecule has 5 nitrogen and oxygen atoms in total. The monoisotopic (exact) mass is 448 g/mol. The smallest absolute Gasteiger partial charge is 0.337 e. The summed E-state index contributed by atoms with van der Waals surface area (Å²) in [6, 6.07) is 21.4. The summed E-state index contributed by atoms with van der Waals surface area (Å²) in [5.41, 5.74) is 7.20. The minimum absolute atomic E-state index is 0.0472. The van der Waals surface area contributed by atoms with Crippen molar-refractivity contribution < 1.29 is 14.7 Å². The van der Waals surface area contributed by atoms with Crippen LogP contribution >= 0.6 is 0 Å². The molecule has 0 saturated carbocycles. The summed E-state index contributed by atoms with van der Waals surface area (Å²) in [6.07, 6.45) is 5.58. The highest BCUT2D eigenvalue weighted by Crippen LogP contribution is 2.44. The number of para-hydroxylation sites is 2. The highest BCUT2D eigenvalue weighted by Gasteiger charge is 2.29. The van der Waals surface area contributed by atoms with Gasteiger partial charge in [0.15, 0.2) is 0 Å². The number of hydrogen-bond donors (Lipinski definition) is 2. The quantitative estimate of drug-likeness (QED) is 0.352. The van der Waals surface area contributed by atoms with E-state index in [2.05, 4.69) is 54.5 Å². The van der Waals surface area contributed by atoms with E-state index in [0.717, 1.165) is 39.6 Å². The van der Waals surface area contributed by atoms with E-state index in [1.54, 1.807) is 6.07 Å². The average Bonchev–Trinajstić information content (AvgIpc) is 2.84. The SMILES string of the molecule is CC1(C)CC=C(c2cnc3ccccc3c2)c2cc(-c3cccc(C(=O)O)c3NC=O)ccc21. The van der Waals surface area contributed by atoms with Crippen LogP contribution in [0.1, 0.15) is 47.3 Å². The molecule has 2 N–H and O–H groups in total. The van der Waals surface area contributed by atoms with E-state index >= 15 is 0 Å². The summed E-state index contributed by atoms with van der Waals surface area (Å²) in [5, 5.41) is 13.3. The van der Waals surface area contributed by atoms with Gasteiger partial charge < -0.3 is 10.4 Å². The number of carbonyl (C=O) groups is 2. The summed E-state index contributed by atoms with van der Waals surface area (Å²) in [5.74, 6) is -1.09. The van der Waals surface area contributed by atoms with Crippen molar-refractivity contribution in [2.45, 2.75) is 25.7 Å². The van der Waals surface area contributed by atoms with Gasteiger partial charge in [-0.15, -0.1) is 0 Å². The maximum Gasteiger partial charge on any atom is 0.337 e. The lowest BCUT2D eigenvalue weighted by Crippen LogP contribution is -2.22. The maximum absolute atomic E-state index is 11.8. The van der Waals surface area contributed by atoms with E-state index < -0.39 is 5.97 Å². The Hall–Kier alpha value is -4.25. The Morgan fingerprint density at radius 1 is 1.00 bits per heavy atom. The molecular formula is C29H24N2O3. The molecule has 0 radical (unpaired) electrons. The van der Waals surface area contributed by atoms with Crippen LogP contribution in [0.25, 0.3) is 27.6 Å². The largest absolute Gasteiger partial charge is 0.478 e. The van der Waals surface area contributed by atoms with Crippen molar-refractivity contribution in [3.05, 3.63) is 101 Å². The minimum Gasteiger partial charge on any atom is -0.478 e. The Morgan fingerprint density at radius 3 is 2.62 bits per heavy atom. The lowest BCUT2D eigenvalue weighted by molar-refractivity contribution is -0.105. The Bertz CT molecular complexity index is 1480. The lowest BCUT2D eigenvalue weighted by atomic mass is 9.71. The first-order valence-electron chi connectivity index (χ1n) is 11.2. The summed E-state index contributed by atoms with van der Waals surface area (Å²) in [6.45, 7) is 4.45. The molecule has 5 heteroatoms. The van der Waals surface area contributed by atoms with Gasteiger partial charge >= 0.3 is 5.97 Å². The fraction of sp³-hybridized carbons (Fsp3) is 0.138. The van der Waals surface area contributed by atoms with Crippen molar-refractivity contribution in [2.75, 3.05) is 5.32 Å². The molecule has 0 bridgehead atoms. The Kier molecular flexibility index (Phi) is 5.25. The van der Waals surface area contributed by atoms with E-state index in [4.69, 9.17) is 0 Å². The molecule has 0 saturated heterocycles. The minimum atomic E-state index is -1.09. The van der Waals surface area contributed by atoms with E-state index in [1.807, 2.05) is 36.5 Å². The molecular weight excluding hydrogens is 424 g/mol. The zero-order valence-corrected chi connectivity index (χ0v) is 19.0. The van der Waals surface area contributed by atoms with Crippen LogP contribution in [0.15, 0.2) is 79.0 Å². The topological polar surface area (TPSA) is 79.3 Å². The molecule has 4 aromatic rings. The Balaban J connectivity index is 1.70. The second-order valence-corrected chi connectivity index (χ2v) is 9.18. The molecule has 0 atom stereocenters. The predicted octanol–water partition coefficient (Wildman–Crippen LogP) is 6.28. The molecule has 1 heterocycles. The number of nitrogens with zero attached hydrogens (tertiary/aromatic N) is 1. The summed E-state index contributed by atoms with van der Waals surface area (Å²) in [4.78, 5) is 27.7. The van der Waals surface area contributed by atoms with Gasteiger partial charge in [-0.1, -0.05) is 62.4 Å². The molecule has 3 aromatic carbocycles. The Labute approximate surface area is 197 Å². The maximum atomic E-state index is 11.8. The number of amides is 1. The molecule has 1 amide bonds. The number of benzene rings is 3. The van der Waals surface area contributed by atoms with Gasteiger partial charge in [0, 0.05) is 22.7 Å². The van der Waals surface area contributed by atoms with Gasteiger partial charge in [0.2, 0.25) is 6.41 Å². The second-order valence-electron chi connectivity index (χ2n) is 9.18. The van der Waals surface area contributed by atoms with Crippen LogP contribution in [0.5, 0.6) is 0 Å². The molecule has 0 unspecified atom stereocenters. The number of nitrogens with one attached hydrogen (secondary N) is 1. The molecule has 34 heavy (non-hydrogen) atoms. The number of allylic oxidation sites excluding steroid dienone is 1. The molecule has 5 rings (SSSR count). The van der Waals surface area contributed by atoms with Crippen LogP contribution in [0, 0.1) is 0 Å². The number of aromatic carboxylic acids is 1. The Morgan fingerprint density at radius 2 is 1.82 bits per heavy atom. The van der Waals surface area contributed by atoms with Crippen LogP contribution in [0.2, 0.25) is 0 Å². The van der Waals surface area contributed by atoms with Crippen molar-refractivity contribution in [2.24, 2.45) is 0 Å². The number of fused-ring (bicyclic) bond motifs is 2. The van der Waals surface area contributed by atoms with Crippen LogP contribution in [0.3, 0.4) is 0 Å². The van der Waals surface area contributed by atoms with Crippen molar-refractivity contribution in [3.63, 3.8) is 0 Å². The third-order valence-corrected chi connectivity index (χ3v) is 6.57. The molecule has 1 aliphatic carbocycles. The molecule has 1 aliphatic rings. The van der Waals surface area contributed by atoms with Gasteiger partial charge in [-0.25, -0.2) is 4.79 Å². The number of carboxylic acids is 1. The van der Waals surface area contributed by atoms with E-state index in [1.165, 1.54) is 11.6 Å². The number of hydrogen-bond acceptors (Lipinski definition) is 3. The van der Waals surface area contributed by atoms with Gasteiger partial charge in [-0.05, 0) is 58.4 Å². The molecule has 1 aromatic heterocycles. The molecule has 168 valence electrons. The zero-order chi connectivity index (χ0) is 23.9. The number of anilines is 1. The van der Waals surface area contributed by atoms with Gasteiger partial charge in [0.1, 0.15) is 0 Å². The predicted molar refractivity (Wildman–Crippen MR) is 135 cm³/mol. The van der Waals surface area contributed by atoms with Gasteiger partial charge in [0.05, 0.1) is 16.8 Å². The van der Waals surface area contributed by atoms with E-state index in [9.17, 15) is 14.7 Å². The molecule has 0 fully saturated rings. The van der Waals surface area contributed by atoms with E-state index in [-0.39, 0.29) is 16.7 Å².